The van der Waals surface area contributed by atoms with Crippen LogP contribution in [0.5, 0.6) is 0 Å². The van der Waals surface area contributed by atoms with Gasteiger partial charge >= 0.3 is 12.4 Å². The van der Waals surface area contributed by atoms with Gasteiger partial charge in [-0.1, -0.05) is 6.08 Å². The molecular formula is C7H5F6N. The van der Waals surface area contributed by atoms with E-state index in [4.69, 9.17) is 5.26 Å². The predicted molar refractivity (Wildman–Crippen MR) is 35.0 cm³/mol. The summed E-state index contributed by atoms with van der Waals surface area (Å²) in [4.78, 5) is 0. The quantitative estimate of drug-likeness (QED) is 0.514. The maximum absolute atomic E-state index is 12.1. The Labute approximate surface area is 75.6 Å². The Morgan fingerprint density at radius 3 is 1.50 bits per heavy atom. The molecule has 1 nitrogen and oxygen atoms in total. The summed E-state index contributed by atoms with van der Waals surface area (Å²) in [6, 6.07) is 0.275. The van der Waals surface area contributed by atoms with Gasteiger partial charge in [-0.05, 0) is 0 Å². The third-order valence-electron chi connectivity index (χ3n) is 1.61. The van der Waals surface area contributed by atoms with E-state index in [9.17, 15) is 26.3 Å². The lowest BCUT2D eigenvalue weighted by Gasteiger charge is -2.29. The number of halogens is 6. The van der Waals surface area contributed by atoms with Crippen molar-refractivity contribution in [1.29, 1.82) is 5.26 Å². The Hall–Kier alpha value is -1.19. The highest BCUT2D eigenvalue weighted by molar-refractivity contribution is 5.11. The van der Waals surface area contributed by atoms with Crippen LogP contribution in [0.2, 0.25) is 0 Å². The molecule has 0 unspecified atom stereocenters. The summed E-state index contributed by atoms with van der Waals surface area (Å²) in [5, 5.41) is 8.04. The maximum Gasteiger partial charge on any atom is 0.416 e. The van der Waals surface area contributed by atoms with Crippen molar-refractivity contribution in [3.05, 3.63) is 12.7 Å². The van der Waals surface area contributed by atoms with Crippen molar-refractivity contribution >= 4 is 0 Å². The highest BCUT2D eigenvalue weighted by Crippen LogP contribution is 2.52. The van der Waals surface area contributed by atoms with Crippen molar-refractivity contribution in [1.82, 2.24) is 0 Å². The Morgan fingerprint density at radius 2 is 1.43 bits per heavy atom. The molecule has 0 aromatic carbocycles. The van der Waals surface area contributed by atoms with Gasteiger partial charge in [0, 0.05) is 6.42 Å². The van der Waals surface area contributed by atoms with Crippen LogP contribution in [0.3, 0.4) is 0 Å². The van der Waals surface area contributed by atoms with Crippen molar-refractivity contribution in [2.75, 3.05) is 0 Å². The molecule has 0 radical (unpaired) electrons. The first-order valence-corrected chi connectivity index (χ1v) is 3.28. The van der Waals surface area contributed by atoms with Gasteiger partial charge < -0.3 is 0 Å². The van der Waals surface area contributed by atoms with Crippen molar-refractivity contribution in [3.8, 4) is 6.07 Å². The van der Waals surface area contributed by atoms with Crippen molar-refractivity contribution in [2.45, 2.75) is 18.8 Å². The van der Waals surface area contributed by atoms with E-state index < -0.39 is 24.2 Å². The SMILES string of the molecule is C=CCC(C#N)(C(F)(F)F)C(F)(F)F. The highest BCUT2D eigenvalue weighted by atomic mass is 19.4. The van der Waals surface area contributed by atoms with Crippen molar-refractivity contribution in [2.24, 2.45) is 5.41 Å². The van der Waals surface area contributed by atoms with Gasteiger partial charge in [-0.15, -0.1) is 6.58 Å². The van der Waals surface area contributed by atoms with E-state index in [-0.39, 0.29) is 6.07 Å². The highest BCUT2D eigenvalue weighted by Gasteiger charge is 2.70. The maximum atomic E-state index is 12.1. The largest absolute Gasteiger partial charge is 0.416 e. The van der Waals surface area contributed by atoms with Gasteiger partial charge in [0.15, 0.2) is 0 Å². The molecule has 7 heteroatoms. The second kappa shape index (κ2) is 3.52. The van der Waals surface area contributed by atoms with Crippen LogP contribution in [0, 0.1) is 16.7 Å². The molecule has 0 aliphatic carbocycles. The summed E-state index contributed by atoms with van der Waals surface area (Å²) in [6.45, 7) is 2.77. The van der Waals surface area contributed by atoms with Gasteiger partial charge in [0.1, 0.15) is 0 Å². The summed E-state index contributed by atoms with van der Waals surface area (Å²) in [5.41, 5.74) is -4.35. The molecule has 0 fully saturated rings. The fourth-order valence-corrected chi connectivity index (χ4v) is 0.781. The van der Waals surface area contributed by atoms with Gasteiger partial charge in [0.05, 0.1) is 6.07 Å². The smallest absolute Gasteiger partial charge is 0.197 e. The van der Waals surface area contributed by atoms with E-state index in [0.29, 0.717) is 6.08 Å². The minimum absolute atomic E-state index is 0.275. The number of nitrogens with zero attached hydrogens (tertiary/aromatic N) is 1. The van der Waals surface area contributed by atoms with Gasteiger partial charge in [0.2, 0.25) is 5.41 Å². The normalized spacial score (nSPS) is 13.5. The fourth-order valence-electron chi connectivity index (χ4n) is 0.781. The molecule has 0 bridgehead atoms. The Bertz CT molecular complexity index is 241. The Kier molecular flexibility index (Phi) is 3.22. The van der Waals surface area contributed by atoms with Gasteiger partial charge in [0.25, 0.3) is 0 Å². The number of rotatable bonds is 2. The monoisotopic (exact) mass is 217 g/mol. The molecule has 0 rings (SSSR count). The van der Waals surface area contributed by atoms with Crippen LogP contribution in [0.25, 0.3) is 0 Å². The standard InChI is InChI=1S/C7H5F6N/c1-2-3-5(4-14,6(8,9)10)7(11,12)13/h2H,1,3H2. The number of allylic oxidation sites excluding steroid dienone is 1. The van der Waals surface area contributed by atoms with E-state index >= 15 is 0 Å². The van der Waals surface area contributed by atoms with Crippen LogP contribution in [0.15, 0.2) is 12.7 Å². The van der Waals surface area contributed by atoms with Crippen LogP contribution in [0.4, 0.5) is 26.3 Å². The molecule has 0 aliphatic rings. The molecule has 14 heavy (non-hydrogen) atoms. The lowest BCUT2D eigenvalue weighted by atomic mass is 9.84. The predicted octanol–water partition coefficient (Wildman–Crippen LogP) is 3.20. The third kappa shape index (κ3) is 1.84. The molecule has 0 aromatic rings. The molecule has 0 N–H and O–H groups in total. The van der Waals surface area contributed by atoms with Crippen LogP contribution in [-0.4, -0.2) is 12.4 Å². The molecule has 0 saturated heterocycles. The molecule has 0 amide bonds. The second-order valence-electron chi connectivity index (χ2n) is 2.51. The van der Waals surface area contributed by atoms with Crippen LogP contribution in [0.1, 0.15) is 6.42 Å². The average Bonchev–Trinajstić information content (AvgIpc) is 1.94. The van der Waals surface area contributed by atoms with E-state index in [1.807, 2.05) is 0 Å². The topological polar surface area (TPSA) is 23.8 Å². The van der Waals surface area contributed by atoms with Crippen LogP contribution < -0.4 is 0 Å². The van der Waals surface area contributed by atoms with E-state index in [1.54, 1.807) is 0 Å². The lowest BCUT2D eigenvalue weighted by molar-refractivity contribution is -0.316. The third-order valence-corrected chi connectivity index (χ3v) is 1.61. The molecule has 0 aromatic heterocycles. The van der Waals surface area contributed by atoms with Gasteiger partial charge in [-0.3, -0.25) is 0 Å². The number of alkyl halides is 6. The summed E-state index contributed by atoms with van der Waals surface area (Å²) >= 11 is 0. The zero-order valence-electron chi connectivity index (χ0n) is 6.71. The van der Waals surface area contributed by atoms with Crippen LogP contribution in [-0.2, 0) is 0 Å². The lowest BCUT2D eigenvalue weighted by Crippen LogP contribution is -2.48. The zero-order valence-corrected chi connectivity index (χ0v) is 6.71. The Morgan fingerprint density at radius 1 is 1.07 bits per heavy atom. The van der Waals surface area contributed by atoms with Gasteiger partial charge in [-0.2, -0.15) is 31.6 Å². The van der Waals surface area contributed by atoms with Crippen molar-refractivity contribution in [3.63, 3.8) is 0 Å². The molecule has 0 spiro atoms. The van der Waals surface area contributed by atoms with E-state index in [0.717, 1.165) is 0 Å². The number of hydrogen-bond donors (Lipinski definition) is 0. The average molecular weight is 217 g/mol. The second-order valence-corrected chi connectivity index (χ2v) is 2.51. The number of nitriles is 1. The summed E-state index contributed by atoms with van der Waals surface area (Å²) in [6.07, 6.45) is -12.4. The molecule has 0 atom stereocenters. The van der Waals surface area contributed by atoms with E-state index in [2.05, 4.69) is 6.58 Å². The molecule has 80 valence electrons. The minimum atomic E-state index is -5.66. The molecule has 0 saturated carbocycles. The number of hydrogen-bond acceptors (Lipinski definition) is 1. The first-order valence-electron chi connectivity index (χ1n) is 3.28. The summed E-state index contributed by atoms with van der Waals surface area (Å²) in [7, 11) is 0. The Balaban J connectivity index is 5.47. The molecule has 0 heterocycles. The fraction of sp³-hybridized carbons (Fsp3) is 0.571. The van der Waals surface area contributed by atoms with Gasteiger partial charge in [-0.25, -0.2) is 0 Å². The van der Waals surface area contributed by atoms with E-state index in [1.165, 1.54) is 0 Å². The molecular weight excluding hydrogens is 212 g/mol. The van der Waals surface area contributed by atoms with Crippen LogP contribution >= 0.6 is 0 Å². The zero-order chi connectivity index (χ0) is 11.6. The first kappa shape index (κ1) is 12.8. The molecule has 0 aliphatic heterocycles. The summed E-state index contributed by atoms with van der Waals surface area (Å²) < 4.78 is 72.4. The van der Waals surface area contributed by atoms with Crippen molar-refractivity contribution < 1.29 is 26.3 Å². The first-order chi connectivity index (χ1) is 6.12. The summed E-state index contributed by atoms with van der Waals surface area (Å²) in [5.74, 6) is 0. The minimum Gasteiger partial charge on any atom is -0.197 e.